The lowest BCUT2D eigenvalue weighted by molar-refractivity contribution is 1.21. The van der Waals surface area contributed by atoms with E-state index in [1.165, 1.54) is 0 Å². The van der Waals surface area contributed by atoms with Crippen LogP contribution in [0.3, 0.4) is 0 Å². The number of pyridine rings is 1. The largest absolute Gasteiger partial charge is 0.244 e. The van der Waals surface area contributed by atoms with E-state index in [0.29, 0.717) is 5.15 Å². The van der Waals surface area contributed by atoms with Crippen molar-refractivity contribution in [2.45, 2.75) is 12.3 Å². The lowest BCUT2D eigenvalue weighted by Gasteiger charge is -1.98. The molecule has 0 atom stereocenters. The number of rotatable bonds is 1. The van der Waals surface area contributed by atoms with Gasteiger partial charge in [-0.1, -0.05) is 33.6 Å². The van der Waals surface area contributed by atoms with Crippen molar-refractivity contribution in [3.63, 3.8) is 0 Å². The third-order valence-corrected chi connectivity index (χ3v) is 2.14. The van der Waals surface area contributed by atoms with Gasteiger partial charge in [-0.05, 0) is 12.5 Å². The number of halogens is 2. The van der Waals surface area contributed by atoms with E-state index in [-0.39, 0.29) is 0 Å². The van der Waals surface area contributed by atoms with Gasteiger partial charge < -0.3 is 0 Å². The number of hydrogen-bond acceptors (Lipinski definition) is 1. The molecule has 3 heteroatoms. The van der Waals surface area contributed by atoms with Crippen molar-refractivity contribution < 1.29 is 0 Å². The molecule has 0 bridgehead atoms. The van der Waals surface area contributed by atoms with E-state index in [2.05, 4.69) is 20.9 Å². The van der Waals surface area contributed by atoms with Gasteiger partial charge >= 0.3 is 0 Å². The molecular formula is C7H7BrClN. The molecule has 1 heterocycles. The first kappa shape index (κ1) is 8.02. The summed E-state index contributed by atoms with van der Waals surface area (Å²) in [4.78, 5) is 3.98. The Bertz CT molecular complexity index is 237. The molecule has 54 valence electrons. The minimum atomic E-state index is 0.586. The highest BCUT2D eigenvalue weighted by molar-refractivity contribution is 9.08. The Kier molecular flexibility index (Phi) is 2.69. The topological polar surface area (TPSA) is 12.9 Å². The average Bonchev–Trinajstić information content (AvgIpc) is 1.94. The molecule has 0 fully saturated rings. The summed E-state index contributed by atoms with van der Waals surface area (Å²) in [6.07, 6.45) is 1.76. The summed E-state index contributed by atoms with van der Waals surface area (Å²) < 4.78 is 0. The smallest absolute Gasteiger partial charge is 0.133 e. The van der Waals surface area contributed by atoms with Crippen LogP contribution in [0.5, 0.6) is 0 Å². The monoisotopic (exact) mass is 219 g/mol. The van der Waals surface area contributed by atoms with Gasteiger partial charge in [0.1, 0.15) is 5.15 Å². The summed E-state index contributed by atoms with van der Waals surface area (Å²) in [6, 6.07) is 2.02. The maximum Gasteiger partial charge on any atom is 0.133 e. The molecule has 1 nitrogen and oxygen atoms in total. The van der Waals surface area contributed by atoms with E-state index < -0.39 is 0 Å². The summed E-state index contributed by atoms with van der Waals surface area (Å²) >= 11 is 9.07. The number of nitrogens with zero attached hydrogens (tertiary/aromatic N) is 1. The lowest BCUT2D eigenvalue weighted by atomic mass is 10.2. The fourth-order valence-corrected chi connectivity index (χ4v) is 1.47. The fraction of sp³-hybridized carbons (Fsp3) is 0.286. The number of aryl methyl sites for hydroxylation is 1. The number of alkyl halides is 1. The van der Waals surface area contributed by atoms with Gasteiger partial charge in [-0.15, -0.1) is 0 Å². The lowest BCUT2D eigenvalue weighted by Crippen LogP contribution is -1.85. The molecule has 0 spiro atoms. The molecule has 0 radical (unpaired) electrons. The Balaban J connectivity index is 3.09. The van der Waals surface area contributed by atoms with E-state index in [0.717, 1.165) is 16.5 Å². The first-order valence-corrected chi connectivity index (χ1v) is 4.41. The predicted octanol–water partition coefficient (Wildman–Crippen LogP) is 2.94. The molecule has 0 aliphatic carbocycles. The second-order valence-corrected chi connectivity index (χ2v) is 3.01. The molecule has 0 N–H and O–H groups in total. The quantitative estimate of drug-likeness (QED) is 0.524. The van der Waals surface area contributed by atoms with Gasteiger partial charge in [0.2, 0.25) is 0 Å². The standard InChI is InChI=1S/C7H7BrClN/c1-5-2-6(3-8)7(9)10-4-5/h2,4H,3H2,1H3. The summed E-state index contributed by atoms with van der Waals surface area (Å²) in [6.45, 7) is 2.00. The van der Waals surface area contributed by atoms with Crippen LogP contribution >= 0.6 is 27.5 Å². The van der Waals surface area contributed by atoms with Crippen molar-refractivity contribution in [1.82, 2.24) is 4.98 Å². The van der Waals surface area contributed by atoms with Gasteiger partial charge in [-0.2, -0.15) is 0 Å². The highest BCUT2D eigenvalue weighted by Gasteiger charge is 1.98. The Labute approximate surface area is 73.6 Å². The zero-order chi connectivity index (χ0) is 7.56. The van der Waals surface area contributed by atoms with Crippen LogP contribution in [0.1, 0.15) is 11.1 Å². The highest BCUT2D eigenvalue weighted by Crippen LogP contribution is 2.16. The molecule has 0 aromatic carbocycles. The third-order valence-electron chi connectivity index (χ3n) is 1.19. The molecule has 0 amide bonds. The van der Waals surface area contributed by atoms with E-state index >= 15 is 0 Å². The Hall–Kier alpha value is -0.0800. The van der Waals surface area contributed by atoms with Crippen molar-refractivity contribution in [2.24, 2.45) is 0 Å². The van der Waals surface area contributed by atoms with Gasteiger partial charge in [0, 0.05) is 17.1 Å². The van der Waals surface area contributed by atoms with Crippen LogP contribution in [0.4, 0.5) is 0 Å². The normalized spacial score (nSPS) is 9.90. The SMILES string of the molecule is Cc1cnc(Cl)c(CBr)c1. The van der Waals surface area contributed by atoms with Crippen LogP contribution in [0, 0.1) is 6.92 Å². The van der Waals surface area contributed by atoms with E-state index in [1.54, 1.807) is 6.20 Å². The molecule has 0 aliphatic rings. The van der Waals surface area contributed by atoms with Crippen LogP contribution in [-0.2, 0) is 5.33 Å². The molecule has 0 unspecified atom stereocenters. The molecule has 10 heavy (non-hydrogen) atoms. The van der Waals surface area contributed by atoms with Crippen molar-refractivity contribution >= 4 is 27.5 Å². The molecule has 0 saturated heterocycles. The average molecular weight is 220 g/mol. The molecule has 1 rings (SSSR count). The molecule has 0 saturated carbocycles. The Morgan fingerprint density at radius 2 is 2.40 bits per heavy atom. The summed E-state index contributed by atoms with van der Waals surface area (Å²) in [5.74, 6) is 0. The van der Waals surface area contributed by atoms with Gasteiger partial charge in [-0.3, -0.25) is 0 Å². The highest BCUT2D eigenvalue weighted by atomic mass is 79.9. The molecule has 0 aliphatic heterocycles. The van der Waals surface area contributed by atoms with Crippen LogP contribution < -0.4 is 0 Å². The van der Waals surface area contributed by atoms with Crippen molar-refractivity contribution in [1.29, 1.82) is 0 Å². The Morgan fingerprint density at radius 3 is 2.90 bits per heavy atom. The van der Waals surface area contributed by atoms with Crippen LogP contribution in [-0.4, -0.2) is 4.98 Å². The number of aromatic nitrogens is 1. The second-order valence-electron chi connectivity index (χ2n) is 2.10. The minimum Gasteiger partial charge on any atom is -0.244 e. The first-order chi connectivity index (χ1) is 4.74. The summed E-state index contributed by atoms with van der Waals surface area (Å²) in [5.41, 5.74) is 2.18. The van der Waals surface area contributed by atoms with Gasteiger partial charge in [0.25, 0.3) is 0 Å². The van der Waals surface area contributed by atoms with Crippen LogP contribution in [0.2, 0.25) is 5.15 Å². The van der Waals surface area contributed by atoms with Gasteiger partial charge in [0.05, 0.1) is 0 Å². The van der Waals surface area contributed by atoms with E-state index in [1.807, 2.05) is 13.0 Å². The molecular weight excluding hydrogens is 213 g/mol. The third kappa shape index (κ3) is 1.70. The summed E-state index contributed by atoms with van der Waals surface area (Å²) in [7, 11) is 0. The van der Waals surface area contributed by atoms with Crippen molar-refractivity contribution in [3.05, 3.63) is 28.5 Å². The van der Waals surface area contributed by atoms with Crippen molar-refractivity contribution in [3.8, 4) is 0 Å². The van der Waals surface area contributed by atoms with Gasteiger partial charge in [0.15, 0.2) is 0 Å². The Morgan fingerprint density at radius 1 is 1.70 bits per heavy atom. The fourth-order valence-electron chi connectivity index (χ4n) is 0.707. The summed E-state index contributed by atoms with van der Waals surface area (Å²) in [5, 5.41) is 1.35. The maximum absolute atomic E-state index is 5.76. The van der Waals surface area contributed by atoms with Crippen molar-refractivity contribution in [2.75, 3.05) is 0 Å². The maximum atomic E-state index is 5.76. The second kappa shape index (κ2) is 3.35. The van der Waals surface area contributed by atoms with E-state index in [9.17, 15) is 0 Å². The zero-order valence-corrected chi connectivity index (χ0v) is 7.91. The molecule has 1 aromatic heterocycles. The zero-order valence-electron chi connectivity index (χ0n) is 5.56. The van der Waals surface area contributed by atoms with Gasteiger partial charge in [-0.25, -0.2) is 4.98 Å². The minimum absolute atomic E-state index is 0.586. The molecule has 1 aromatic rings. The van der Waals surface area contributed by atoms with Crippen LogP contribution in [0.25, 0.3) is 0 Å². The van der Waals surface area contributed by atoms with Crippen LogP contribution in [0.15, 0.2) is 12.3 Å². The van der Waals surface area contributed by atoms with E-state index in [4.69, 9.17) is 11.6 Å². The first-order valence-electron chi connectivity index (χ1n) is 2.91. The number of hydrogen-bond donors (Lipinski definition) is 0. The predicted molar refractivity (Wildman–Crippen MR) is 46.6 cm³/mol.